The molecule has 232 valence electrons. The first-order chi connectivity index (χ1) is 21.3. The maximum Gasteiger partial charge on any atom is 0.418 e. The standard InChI is InChI=1S/C31H26F3N7O2.C2H6/c1-16-8-21(18(3)39-26-7-6-19(12-35)10-25(26)31(32,33)34)22-11-27(40(4)30(43)23(22)9-16)20-13-36-28(37-14-20)24-15-38-41(5)29(42)17(24)2;1-2/h6-11,13-15,18,39H,1-5H3;1-2H3/t18-;/m1./s1. The molecule has 3 aromatic heterocycles. The maximum absolute atomic E-state index is 13.8. The van der Waals surface area contributed by atoms with Gasteiger partial charge in [0.2, 0.25) is 0 Å². The molecule has 5 aromatic rings. The van der Waals surface area contributed by atoms with Crippen LogP contribution in [-0.2, 0) is 20.3 Å². The average molecular weight is 616 g/mol. The van der Waals surface area contributed by atoms with Crippen molar-refractivity contribution >= 4 is 16.5 Å². The topological polar surface area (TPSA) is 118 Å². The van der Waals surface area contributed by atoms with E-state index in [2.05, 4.69) is 20.4 Å². The molecule has 0 amide bonds. The first-order valence-electron chi connectivity index (χ1n) is 14.2. The molecule has 0 fully saturated rings. The first kappa shape index (κ1) is 32.6. The molecule has 0 saturated heterocycles. The zero-order valence-corrected chi connectivity index (χ0v) is 25.9. The van der Waals surface area contributed by atoms with Crippen LogP contribution >= 0.6 is 0 Å². The van der Waals surface area contributed by atoms with Crippen molar-refractivity contribution in [1.29, 1.82) is 5.26 Å². The minimum Gasteiger partial charge on any atom is -0.378 e. The number of rotatable bonds is 5. The number of benzene rings is 2. The van der Waals surface area contributed by atoms with E-state index in [1.54, 1.807) is 58.5 Å². The smallest absolute Gasteiger partial charge is 0.378 e. The Kier molecular flexibility index (Phi) is 9.23. The Balaban J connectivity index is 0.00000226. The van der Waals surface area contributed by atoms with Gasteiger partial charge in [0.25, 0.3) is 11.1 Å². The second kappa shape index (κ2) is 12.7. The van der Waals surface area contributed by atoms with E-state index in [9.17, 15) is 22.8 Å². The lowest BCUT2D eigenvalue weighted by molar-refractivity contribution is -0.137. The fourth-order valence-electron chi connectivity index (χ4n) is 5.08. The number of aryl methyl sites for hydroxylation is 2. The summed E-state index contributed by atoms with van der Waals surface area (Å²) in [4.78, 5) is 34.7. The number of pyridine rings is 1. The fourth-order valence-corrected chi connectivity index (χ4v) is 5.08. The molecule has 1 N–H and O–H groups in total. The van der Waals surface area contributed by atoms with E-state index in [4.69, 9.17) is 5.26 Å². The number of alkyl halides is 3. The predicted molar refractivity (Wildman–Crippen MR) is 168 cm³/mol. The van der Waals surface area contributed by atoms with Crippen LogP contribution in [0, 0.1) is 25.2 Å². The molecule has 5 rings (SSSR count). The Bertz CT molecular complexity index is 2060. The summed E-state index contributed by atoms with van der Waals surface area (Å²) in [5, 5.41) is 17.1. The summed E-state index contributed by atoms with van der Waals surface area (Å²) in [6.45, 7) is 9.19. The Hall–Kier alpha value is -5.31. The average Bonchev–Trinajstić information content (AvgIpc) is 3.02. The van der Waals surface area contributed by atoms with Gasteiger partial charge in [-0.2, -0.15) is 23.5 Å². The molecule has 0 spiro atoms. The number of aromatic nitrogens is 5. The third-order valence-corrected chi connectivity index (χ3v) is 7.39. The zero-order chi connectivity index (χ0) is 33.2. The molecule has 0 radical (unpaired) electrons. The molecule has 45 heavy (non-hydrogen) atoms. The molecule has 0 aliphatic rings. The van der Waals surface area contributed by atoms with Crippen molar-refractivity contribution in [3.05, 3.63) is 104 Å². The van der Waals surface area contributed by atoms with Gasteiger partial charge in [-0.25, -0.2) is 14.6 Å². The van der Waals surface area contributed by atoms with Crippen molar-refractivity contribution in [2.75, 3.05) is 5.32 Å². The summed E-state index contributed by atoms with van der Waals surface area (Å²) < 4.78 is 44.2. The van der Waals surface area contributed by atoms with Crippen LogP contribution in [0.4, 0.5) is 18.9 Å². The highest BCUT2D eigenvalue weighted by atomic mass is 19.4. The lowest BCUT2D eigenvalue weighted by atomic mass is 9.96. The second-order valence-corrected chi connectivity index (χ2v) is 10.4. The van der Waals surface area contributed by atoms with E-state index in [0.29, 0.717) is 44.5 Å². The molecule has 3 heterocycles. The fraction of sp³-hybridized carbons (Fsp3) is 0.273. The van der Waals surface area contributed by atoms with E-state index in [1.807, 2.05) is 26.8 Å². The molecule has 0 bridgehead atoms. The van der Waals surface area contributed by atoms with Gasteiger partial charge in [0.05, 0.1) is 29.1 Å². The predicted octanol–water partition coefficient (Wildman–Crippen LogP) is 6.46. The lowest BCUT2D eigenvalue weighted by Crippen LogP contribution is -2.22. The molecule has 0 unspecified atom stereocenters. The second-order valence-electron chi connectivity index (χ2n) is 10.4. The van der Waals surface area contributed by atoms with Gasteiger partial charge >= 0.3 is 6.18 Å². The number of fused-ring (bicyclic) bond motifs is 1. The molecule has 0 aliphatic heterocycles. The molecule has 9 nitrogen and oxygen atoms in total. The Morgan fingerprint density at radius 1 is 0.933 bits per heavy atom. The van der Waals surface area contributed by atoms with Crippen LogP contribution in [0.25, 0.3) is 33.4 Å². The summed E-state index contributed by atoms with van der Waals surface area (Å²) in [6.07, 6.45) is -0.0811. The van der Waals surface area contributed by atoms with Crippen LogP contribution < -0.4 is 16.4 Å². The minimum absolute atomic E-state index is 0.103. The van der Waals surface area contributed by atoms with Crippen LogP contribution in [0.2, 0.25) is 0 Å². The number of anilines is 1. The van der Waals surface area contributed by atoms with Crippen molar-refractivity contribution in [2.24, 2.45) is 14.1 Å². The van der Waals surface area contributed by atoms with E-state index in [-0.39, 0.29) is 22.4 Å². The van der Waals surface area contributed by atoms with Crippen molar-refractivity contribution < 1.29 is 13.2 Å². The van der Waals surface area contributed by atoms with Gasteiger partial charge in [-0.1, -0.05) is 19.9 Å². The third kappa shape index (κ3) is 6.33. The molecule has 0 aliphatic carbocycles. The highest BCUT2D eigenvalue weighted by Gasteiger charge is 2.34. The van der Waals surface area contributed by atoms with Gasteiger partial charge < -0.3 is 9.88 Å². The van der Waals surface area contributed by atoms with Gasteiger partial charge in [-0.05, 0) is 67.6 Å². The number of hydrogen-bond acceptors (Lipinski definition) is 7. The Labute approximate surface area is 257 Å². The Morgan fingerprint density at radius 3 is 2.22 bits per heavy atom. The quantitative estimate of drug-likeness (QED) is 0.241. The van der Waals surface area contributed by atoms with Gasteiger partial charge in [0.1, 0.15) is 0 Å². The highest BCUT2D eigenvalue weighted by molar-refractivity contribution is 5.89. The molecular formula is C33H32F3N7O2. The minimum atomic E-state index is -4.68. The third-order valence-electron chi connectivity index (χ3n) is 7.39. The van der Waals surface area contributed by atoms with Crippen LogP contribution in [0.15, 0.2) is 64.6 Å². The number of hydrogen-bond donors (Lipinski definition) is 1. The van der Waals surface area contributed by atoms with Crippen LogP contribution in [0.1, 0.15) is 54.6 Å². The van der Waals surface area contributed by atoms with E-state index in [1.165, 1.54) is 27.6 Å². The molecule has 2 aromatic carbocycles. The van der Waals surface area contributed by atoms with E-state index in [0.717, 1.165) is 11.6 Å². The van der Waals surface area contributed by atoms with Crippen molar-refractivity contribution in [3.8, 4) is 28.7 Å². The monoisotopic (exact) mass is 615 g/mol. The highest BCUT2D eigenvalue weighted by Crippen LogP contribution is 2.38. The summed E-state index contributed by atoms with van der Waals surface area (Å²) >= 11 is 0. The normalized spacial score (nSPS) is 11.8. The van der Waals surface area contributed by atoms with Gasteiger partial charge in [0, 0.05) is 60.3 Å². The van der Waals surface area contributed by atoms with Gasteiger partial charge in [-0.15, -0.1) is 0 Å². The summed E-state index contributed by atoms with van der Waals surface area (Å²) in [6, 6.07) is 9.82. The van der Waals surface area contributed by atoms with Crippen LogP contribution in [0.5, 0.6) is 0 Å². The zero-order valence-electron chi connectivity index (χ0n) is 25.9. The van der Waals surface area contributed by atoms with Crippen molar-refractivity contribution in [3.63, 3.8) is 0 Å². The van der Waals surface area contributed by atoms with Crippen LogP contribution in [-0.4, -0.2) is 24.3 Å². The number of nitrogens with zero attached hydrogens (tertiary/aromatic N) is 6. The lowest BCUT2D eigenvalue weighted by Gasteiger charge is -2.22. The molecule has 1 atom stereocenters. The van der Waals surface area contributed by atoms with E-state index >= 15 is 0 Å². The number of nitrogens with one attached hydrogen (secondary N) is 1. The molecular weight excluding hydrogens is 583 g/mol. The number of nitriles is 1. The largest absolute Gasteiger partial charge is 0.418 e. The SMILES string of the molecule is CC.Cc1cc([C@@H](C)Nc2ccc(C#N)cc2C(F)(F)F)c2cc(-c3cnc(-c4cnn(C)c(=O)c4C)nc3)n(C)c(=O)c2c1. The van der Waals surface area contributed by atoms with Crippen molar-refractivity contribution in [2.45, 2.75) is 46.8 Å². The van der Waals surface area contributed by atoms with Gasteiger partial charge in [0.15, 0.2) is 5.82 Å². The van der Waals surface area contributed by atoms with Gasteiger partial charge in [-0.3, -0.25) is 9.59 Å². The first-order valence-corrected chi connectivity index (χ1v) is 14.2. The summed E-state index contributed by atoms with van der Waals surface area (Å²) in [5.41, 5.74) is 1.54. The summed E-state index contributed by atoms with van der Waals surface area (Å²) in [5.74, 6) is 0.300. The molecule has 12 heteroatoms. The van der Waals surface area contributed by atoms with Crippen LogP contribution in [0.3, 0.4) is 0 Å². The van der Waals surface area contributed by atoms with Crippen molar-refractivity contribution in [1.82, 2.24) is 24.3 Å². The van der Waals surface area contributed by atoms with E-state index < -0.39 is 17.8 Å². The summed E-state index contributed by atoms with van der Waals surface area (Å²) in [7, 11) is 3.17. The Morgan fingerprint density at radius 2 is 1.60 bits per heavy atom. The molecule has 0 saturated carbocycles. The number of halogens is 3. The maximum atomic E-state index is 13.8.